The minimum Gasteiger partial charge on any atom is -0.444 e. The van der Waals surface area contributed by atoms with Gasteiger partial charge in [0.1, 0.15) is 6.61 Å². The first-order chi connectivity index (χ1) is 11.1. The Morgan fingerprint density at radius 2 is 1.78 bits per heavy atom. The lowest BCUT2D eigenvalue weighted by Crippen LogP contribution is -2.32. The molecule has 0 N–H and O–H groups in total. The number of carbonyl (C=O) groups excluding carboxylic acids is 2. The molecule has 0 radical (unpaired) electrons. The van der Waals surface area contributed by atoms with Gasteiger partial charge >= 0.3 is 6.09 Å². The van der Waals surface area contributed by atoms with Gasteiger partial charge in [0.25, 0.3) is 0 Å². The molecule has 0 saturated heterocycles. The second-order valence-corrected chi connectivity index (χ2v) is 5.30. The molecule has 0 spiro atoms. The van der Waals surface area contributed by atoms with Crippen LogP contribution in [0.4, 0.5) is 10.5 Å². The van der Waals surface area contributed by atoms with Gasteiger partial charge in [0, 0.05) is 17.8 Å². The van der Waals surface area contributed by atoms with Gasteiger partial charge in [-0.1, -0.05) is 49.4 Å². The van der Waals surface area contributed by atoms with Gasteiger partial charge in [-0.3, -0.25) is 9.69 Å². The lowest BCUT2D eigenvalue weighted by atomic mass is 10.1. The third-order valence-electron chi connectivity index (χ3n) is 3.44. The number of hydrogen-bond donors (Lipinski definition) is 0. The van der Waals surface area contributed by atoms with Crippen LogP contribution in [0.3, 0.4) is 0 Å². The largest absolute Gasteiger partial charge is 0.444 e. The van der Waals surface area contributed by atoms with Gasteiger partial charge < -0.3 is 4.74 Å². The first-order valence-corrected chi connectivity index (χ1v) is 7.71. The van der Waals surface area contributed by atoms with E-state index in [0.29, 0.717) is 17.8 Å². The topological polar surface area (TPSA) is 46.6 Å². The van der Waals surface area contributed by atoms with Gasteiger partial charge in [-0.15, -0.1) is 0 Å². The number of hydrogen-bond acceptors (Lipinski definition) is 3. The lowest BCUT2D eigenvalue weighted by Gasteiger charge is -2.22. The van der Waals surface area contributed by atoms with Gasteiger partial charge in [0.15, 0.2) is 5.78 Å². The summed E-state index contributed by atoms with van der Waals surface area (Å²) in [6, 6.07) is 16.6. The number of anilines is 1. The number of benzene rings is 2. The smallest absolute Gasteiger partial charge is 0.414 e. The molecule has 0 saturated carbocycles. The zero-order valence-corrected chi connectivity index (χ0v) is 13.5. The van der Waals surface area contributed by atoms with Crippen molar-refractivity contribution in [2.75, 3.05) is 11.4 Å². The van der Waals surface area contributed by atoms with Crippen LogP contribution < -0.4 is 4.90 Å². The zero-order chi connectivity index (χ0) is 16.7. The van der Waals surface area contributed by atoms with E-state index in [1.807, 2.05) is 43.3 Å². The molecule has 0 aliphatic rings. The number of nitrogens with zero attached hydrogens (tertiary/aromatic N) is 1. The van der Waals surface area contributed by atoms with Crippen LogP contribution >= 0.6 is 0 Å². The molecule has 0 heterocycles. The summed E-state index contributed by atoms with van der Waals surface area (Å²) in [6.45, 7) is 4.27. The molecule has 2 rings (SSSR count). The fourth-order valence-corrected chi connectivity index (χ4v) is 2.24. The van der Waals surface area contributed by atoms with E-state index in [0.717, 1.165) is 12.0 Å². The molecular weight excluding hydrogens is 290 g/mol. The molecular formula is C19H21NO3. The number of carbonyl (C=O) groups is 2. The summed E-state index contributed by atoms with van der Waals surface area (Å²) in [6.07, 6.45) is 0.390. The van der Waals surface area contributed by atoms with Crippen LogP contribution in [0.2, 0.25) is 0 Å². The summed E-state index contributed by atoms with van der Waals surface area (Å²) in [4.78, 5) is 25.5. The fraction of sp³-hybridized carbons (Fsp3) is 0.263. The Kier molecular flexibility index (Phi) is 5.92. The maximum Gasteiger partial charge on any atom is 0.414 e. The van der Waals surface area contributed by atoms with Crippen molar-refractivity contribution in [1.82, 2.24) is 0 Å². The van der Waals surface area contributed by atoms with Gasteiger partial charge in [-0.25, -0.2) is 4.79 Å². The summed E-state index contributed by atoms with van der Waals surface area (Å²) >= 11 is 0. The second kappa shape index (κ2) is 8.13. The highest BCUT2D eigenvalue weighted by atomic mass is 16.6. The van der Waals surface area contributed by atoms with E-state index >= 15 is 0 Å². The molecule has 0 fully saturated rings. The highest BCUT2D eigenvalue weighted by Crippen LogP contribution is 2.19. The summed E-state index contributed by atoms with van der Waals surface area (Å²) in [5, 5.41) is 0. The number of amides is 1. The van der Waals surface area contributed by atoms with Gasteiger partial charge in [-0.05, 0) is 31.0 Å². The van der Waals surface area contributed by atoms with Crippen molar-refractivity contribution in [2.24, 2.45) is 0 Å². The number of Topliss-reactive ketones (excluding diaryl/α,β-unsaturated/α-hetero) is 1. The molecule has 0 aromatic heterocycles. The molecule has 120 valence electrons. The quantitative estimate of drug-likeness (QED) is 0.741. The van der Waals surface area contributed by atoms with Crippen molar-refractivity contribution < 1.29 is 14.3 Å². The first-order valence-electron chi connectivity index (χ1n) is 7.71. The Balaban J connectivity index is 2.12. The summed E-state index contributed by atoms with van der Waals surface area (Å²) in [7, 11) is 0. The van der Waals surface area contributed by atoms with E-state index in [4.69, 9.17) is 4.74 Å². The van der Waals surface area contributed by atoms with Crippen LogP contribution in [-0.4, -0.2) is 18.4 Å². The minimum absolute atomic E-state index is 0.0269. The van der Waals surface area contributed by atoms with E-state index < -0.39 is 6.09 Å². The van der Waals surface area contributed by atoms with Crippen molar-refractivity contribution in [3.05, 3.63) is 65.7 Å². The Morgan fingerprint density at radius 3 is 2.43 bits per heavy atom. The monoisotopic (exact) mass is 311 g/mol. The van der Waals surface area contributed by atoms with Crippen LogP contribution in [0.25, 0.3) is 0 Å². The van der Waals surface area contributed by atoms with E-state index in [9.17, 15) is 9.59 Å². The third-order valence-corrected chi connectivity index (χ3v) is 3.44. The second-order valence-electron chi connectivity index (χ2n) is 5.30. The fourth-order valence-electron chi connectivity index (χ4n) is 2.24. The van der Waals surface area contributed by atoms with E-state index in [1.165, 1.54) is 6.92 Å². The molecule has 2 aromatic rings. The van der Waals surface area contributed by atoms with Crippen molar-refractivity contribution in [3.63, 3.8) is 0 Å². The third kappa shape index (κ3) is 4.68. The molecule has 4 nitrogen and oxygen atoms in total. The van der Waals surface area contributed by atoms with Crippen molar-refractivity contribution in [3.8, 4) is 0 Å². The maximum atomic E-state index is 12.4. The molecule has 1 amide bonds. The van der Waals surface area contributed by atoms with Crippen LogP contribution in [0.1, 0.15) is 36.2 Å². The van der Waals surface area contributed by atoms with Gasteiger partial charge in [0.05, 0.1) is 0 Å². The van der Waals surface area contributed by atoms with E-state index in [1.54, 1.807) is 23.1 Å². The predicted molar refractivity (Wildman–Crippen MR) is 90.7 cm³/mol. The summed E-state index contributed by atoms with van der Waals surface area (Å²) in [5.74, 6) is -0.0269. The van der Waals surface area contributed by atoms with Crippen molar-refractivity contribution in [2.45, 2.75) is 26.9 Å². The Labute approximate surface area is 136 Å². The zero-order valence-electron chi connectivity index (χ0n) is 13.5. The first kappa shape index (κ1) is 16.7. The molecule has 0 bridgehead atoms. The molecule has 2 aromatic carbocycles. The average molecular weight is 311 g/mol. The molecule has 0 aliphatic heterocycles. The predicted octanol–water partition coefficient (Wildman–Crippen LogP) is 4.44. The average Bonchev–Trinajstić information content (AvgIpc) is 2.58. The van der Waals surface area contributed by atoms with Crippen LogP contribution in [0, 0.1) is 0 Å². The number of ketones is 1. The van der Waals surface area contributed by atoms with Crippen LogP contribution in [0.5, 0.6) is 0 Å². The number of ether oxygens (including phenoxy) is 1. The Hall–Kier alpha value is -2.62. The Morgan fingerprint density at radius 1 is 1.04 bits per heavy atom. The molecule has 0 unspecified atom stereocenters. The number of rotatable bonds is 6. The minimum atomic E-state index is -0.406. The van der Waals surface area contributed by atoms with Crippen LogP contribution in [0.15, 0.2) is 54.6 Å². The van der Waals surface area contributed by atoms with Crippen LogP contribution in [-0.2, 0) is 11.3 Å². The van der Waals surface area contributed by atoms with E-state index in [-0.39, 0.29) is 12.4 Å². The summed E-state index contributed by atoms with van der Waals surface area (Å²) < 4.78 is 5.40. The normalized spacial score (nSPS) is 10.2. The molecule has 0 aliphatic carbocycles. The van der Waals surface area contributed by atoms with Crippen molar-refractivity contribution in [1.29, 1.82) is 0 Å². The van der Waals surface area contributed by atoms with Gasteiger partial charge in [0.2, 0.25) is 0 Å². The molecule has 0 atom stereocenters. The molecule has 4 heteroatoms. The van der Waals surface area contributed by atoms with E-state index in [2.05, 4.69) is 0 Å². The molecule has 23 heavy (non-hydrogen) atoms. The Bertz CT molecular complexity index is 667. The van der Waals surface area contributed by atoms with Gasteiger partial charge in [-0.2, -0.15) is 0 Å². The highest BCUT2D eigenvalue weighted by Gasteiger charge is 2.17. The SMILES string of the molecule is CCCN(C(=O)OCc1ccccc1)c1cccc(C(C)=O)c1. The standard InChI is InChI=1S/C19H21NO3/c1-3-12-20(18-11-7-10-17(13-18)15(2)21)19(22)23-14-16-8-5-4-6-9-16/h4-11,13H,3,12,14H2,1-2H3. The summed E-state index contributed by atoms with van der Waals surface area (Å²) in [5.41, 5.74) is 2.20. The van der Waals surface area contributed by atoms with Crippen molar-refractivity contribution >= 4 is 17.6 Å². The maximum absolute atomic E-state index is 12.4. The highest BCUT2D eigenvalue weighted by molar-refractivity contribution is 5.96. The lowest BCUT2D eigenvalue weighted by molar-refractivity contribution is 0.101.